The molecule has 0 bridgehead atoms. The number of benzene rings is 1. The summed E-state index contributed by atoms with van der Waals surface area (Å²) in [5.41, 5.74) is 0. The second-order valence-electron chi connectivity index (χ2n) is 5.71. The van der Waals surface area contributed by atoms with Gasteiger partial charge in [-0.25, -0.2) is 12.8 Å². The Morgan fingerprint density at radius 1 is 1.39 bits per heavy atom. The van der Waals surface area contributed by atoms with Gasteiger partial charge in [0.05, 0.1) is 10.1 Å². The summed E-state index contributed by atoms with van der Waals surface area (Å²) in [7, 11) is -3.63. The van der Waals surface area contributed by atoms with Crippen LogP contribution in [-0.2, 0) is 14.6 Å². The molecule has 1 amide bonds. The number of sulfone groups is 1. The average molecular weight is 365 g/mol. The van der Waals surface area contributed by atoms with Crippen LogP contribution in [0.4, 0.5) is 4.39 Å². The topological polar surface area (TPSA) is 66.5 Å². The summed E-state index contributed by atoms with van der Waals surface area (Å²) in [6, 6.07) is 4.90. The molecule has 1 aromatic rings. The highest BCUT2D eigenvalue weighted by Crippen LogP contribution is 2.19. The lowest BCUT2D eigenvalue weighted by atomic mass is 10.2. The van der Waals surface area contributed by atoms with Gasteiger partial charge in [-0.05, 0) is 38.1 Å². The third kappa shape index (κ3) is 4.89. The van der Waals surface area contributed by atoms with Crippen molar-refractivity contribution in [1.29, 1.82) is 0 Å². The molecule has 0 saturated carbocycles. The molecule has 1 aromatic carbocycles. The molecule has 0 aliphatic carbocycles. The maximum Gasteiger partial charge on any atom is 0.223 e. The Kier molecular flexibility index (Phi) is 6.98. The minimum Gasteiger partial charge on any atom is -0.340 e. The summed E-state index contributed by atoms with van der Waals surface area (Å²) in [6.07, 6.45) is -0.0631. The number of nitrogens with one attached hydrogen (secondary N) is 1. The molecule has 0 spiro atoms. The monoisotopic (exact) mass is 364 g/mol. The number of rotatable bonds is 4. The summed E-state index contributed by atoms with van der Waals surface area (Å²) in [6.45, 7) is 5.39. The van der Waals surface area contributed by atoms with Crippen molar-refractivity contribution in [2.24, 2.45) is 0 Å². The Hall–Kier alpha value is -1.18. The van der Waals surface area contributed by atoms with E-state index in [0.717, 1.165) is 12.1 Å². The molecule has 1 saturated heterocycles. The van der Waals surface area contributed by atoms with E-state index < -0.39 is 20.9 Å². The van der Waals surface area contributed by atoms with Crippen LogP contribution in [0.25, 0.3) is 0 Å². The molecule has 0 radical (unpaired) electrons. The molecule has 130 valence electrons. The molecule has 1 aliphatic heterocycles. The lowest BCUT2D eigenvalue weighted by Crippen LogP contribution is -2.51. The van der Waals surface area contributed by atoms with Crippen LogP contribution < -0.4 is 5.32 Å². The van der Waals surface area contributed by atoms with Crippen molar-refractivity contribution in [3.05, 3.63) is 30.1 Å². The number of carbonyl (C=O) groups excluding carboxylic acids is 1. The highest BCUT2D eigenvalue weighted by Gasteiger charge is 2.29. The van der Waals surface area contributed by atoms with Gasteiger partial charge in [0.25, 0.3) is 0 Å². The van der Waals surface area contributed by atoms with E-state index in [4.69, 9.17) is 0 Å². The first-order valence-electron chi connectivity index (χ1n) is 7.31. The van der Waals surface area contributed by atoms with Crippen LogP contribution in [0.5, 0.6) is 0 Å². The first-order valence-corrected chi connectivity index (χ1v) is 8.86. The van der Waals surface area contributed by atoms with E-state index in [2.05, 4.69) is 5.32 Å². The van der Waals surface area contributed by atoms with E-state index in [1.54, 1.807) is 4.90 Å². The third-order valence-corrected chi connectivity index (χ3v) is 6.01. The molecule has 0 aromatic heterocycles. The van der Waals surface area contributed by atoms with Crippen LogP contribution in [-0.4, -0.2) is 50.2 Å². The lowest BCUT2D eigenvalue weighted by molar-refractivity contribution is -0.132. The normalized spacial score (nSPS) is 19.8. The van der Waals surface area contributed by atoms with Gasteiger partial charge in [0.15, 0.2) is 9.84 Å². The second-order valence-corrected chi connectivity index (χ2v) is 8.07. The van der Waals surface area contributed by atoms with Gasteiger partial charge < -0.3 is 10.2 Å². The third-order valence-electron chi connectivity index (χ3n) is 3.86. The van der Waals surface area contributed by atoms with Crippen molar-refractivity contribution in [2.45, 2.75) is 36.5 Å². The van der Waals surface area contributed by atoms with Gasteiger partial charge in [-0.3, -0.25) is 4.79 Å². The van der Waals surface area contributed by atoms with Crippen LogP contribution in [0.1, 0.15) is 20.3 Å². The fourth-order valence-corrected chi connectivity index (χ4v) is 3.84. The van der Waals surface area contributed by atoms with Crippen LogP contribution in [0.15, 0.2) is 29.2 Å². The first kappa shape index (κ1) is 19.9. The molecule has 2 atom stereocenters. The van der Waals surface area contributed by atoms with E-state index in [9.17, 15) is 17.6 Å². The fraction of sp³-hybridized carbons (Fsp3) is 0.533. The molecule has 1 N–H and O–H groups in total. The van der Waals surface area contributed by atoms with Gasteiger partial charge in [0.2, 0.25) is 5.91 Å². The average Bonchev–Trinajstić information content (AvgIpc) is 2.47. The number of amides is 1. The summed E-state index contributed by atoms with van der Waals surface area (Å²) in [5.74, 6) is -0.649. The Balaban J connectivity index is 0.00000264. The molecule has 1 aliphatic rings. The molecule has 8 heteroatoms. The summed E-state index contributed by atoms with van der Waals surface area (Å²) < 4.78 is 37.7. The quantitative estimate of drug-likeness (QED) is 0.824. The van der Waals surface area contributed by atoms with E-state index in [-0.39, 0.29) is 35.7 Å². The Morgan fingerprint density at radius 2 is 2.00 bits per heavy atom. The molecule has 5 nitrogen and oxygen atoms in total. The van der Waals surface area contributed by atoms with Gasteiger partial charge in [-0.1, -0.05) is 0 Å². The molecular formula is C15H22ClFN2O3S. The number of carbonyl (C=O) groups is 1. The zero-order valence-electron chi connectivity index (χ0n) is 13.2. The number of nitrogens with zero attached hydrogens (tertiary/aromatic N) is 1. The van der Waals surface area contributed by atoms with Gasteiger partial charge in [0.1, 0.15) is 5.82 Å². The van der Waals surface area contributed by atoms with Crippen LogP contribution >= 0.6 is 12.4 Å². The summed E-state index contributed by atoms with van der Waals surface area (Å²) in [4.78, 5) is 14.0. The minimum atomic E-state index is -3.63. The van der Waals surface area contributed by atoms with Crippen molar-refractivity contribution in [1.82, 2.24) is 10.2 Å². The maximum atomic E-state index is 12.9. The fourth-order valence-electron chi connectivity index (χ4n) is 2.50. The largest absolute Gasteiger partial charge is 0.340 e. The Labute approximate surface area is 142 Å². The minimum absolute atomic E-state index is 0. The second kappa shape index (κ2) is 8.08. The predicted octanol–water partition coefficient (Wildman–Crippen LogP) is 1.62. The molecule has 2 rings (SSSR count). The number of piperazine rings is 1. The van der Waals surface area contributed by atoms with Crippen molar-refractivity contribution < 1.29 is 17.6 Å². The molecule has 1 fully saturated rings. The smallest absolute Gasteiger partial charge is 0.223 e. The van der Waals surface area contributed by atoms with E-state index >= 15 is 0 Å². The van der Waals surface area contributed by atoms with Gasteiger partial charge >= 0.3 is 0 Å². The predicted molar refractivity (Wildman–Crippen MR) is 89.0 cm³/mol. The molecule has 23 heavy (non-hydrogen) atoms. The van der Waals surface area contributed by atoms with Crippen LogP contribution in [0.2, 0.25) is 0 Å². The number of hydrogen-bond donors (Lipinski definition) is 1. The Bertz CT molecular complexity index is 637. The SMILES string of the molecule is CC1CN(C(=O)CC(C)S(=O)(=O)c2ccc(F)cc2)CCN1.Cl. The molecule has 1 heterocycles. The van der Waals surface area contributed by atoms with Crippen LogP contribution in [0, 0.1) is 5.82 Å². The van der Waals surface area contributed by atoms with Gasteiger partial charge in [-0.15, -0.1) is 12.4 Å². The van der Waals surface area contributed by atoms with E-state index in [1.807, 2.05) is 6.92 Å². The standard InChI is InChI=1S/C15H21FN2O3S.ClH/c1-11-10-18(8-7-17-11)15(19)9-12(2)22(20,21)14-5-3-13(16)4-6-14;/h3-6,11-12,17H,7-10H2,1-2H3;1H. The zero-order valence-corrected chi connectivity index (χ0v) is 14.8. The van der Waals surface area contributed by atoms with Gasteiger partial charge in [0, 0.05) is 32.1 Å². The number of halogens is 2. The van der Waals surface area contributed by atoms with E-state index in [0.29, 0.717) is 19.6 Å². The van der Waals surface area contributed by atoms with Crippen molar-refractivity contribution in [2.75, 3.05) is 19.6 Å². The van der Waals surface area contributed by atoms with Crippen molar-refractivity contribution >= 4 is 28.2 Å². The van der Waals surface area contributed by atoms with Crippen molar-refractivity contribution in [3.8, 4) is 0 Å². The van der Waals surface area contributed by atoms with Crippen molar-refractivity contribution in [3.63, 3.8) is 0 Å². The zero-order chi connectivity index (χ0) is 16.3. The molecular weight excluding hydrogens is 343 g/mol. The maximum absolute atomic E-state index is 12.9. The Morgan fingerprint density at radius 3 is 2.57 bits per heavy atom. The van der Waals surface area contributed by atoms with Gasteiger partial charge in [-0.2, -0.15) is 0 Å². The van der Waals surface area contributed by atoms with E-state index in [1.165, 1.54) is 19.1 Å². The number of hydrogen-bond acceptors (Lipinski definition) is 4. The first-order chi connectivity index (χ1) is 10.3. The highest BCUT2D eigenvalue weighted by atomic mass is 35.5. The highest BCUT2D eigenvalue weighted by molar-refractivity contribution is 7.92. The molecule has 2 unspecified atom stereocenters. The summed E-state index contributed by atoms with van der Waals surface area (Å²) in [5, 5.41) is 2.40. The van der Waals surface area contributed by atoms with Crippen LogP contribution in [0.3, 0.4) is 0 Å². The lowest BCUT2D eigenvalue weighted by Gasteiger charge is -2.32. The summed E-state index contributed by atoms with van der Waals surface area (Å²) >= 11 is 0.